The molecule has 4 nitrogen and oxygen atoms in total. The molecule has 0 bridgehead atoms. The molecule has 0 saturated carbocycles. The van der Waals surface area contributed by atoms with E-state index in [-0.39, 0.29) is 6.61 Å². The van der Waals surface area contributed by atoms with E-state index in [9.17, 15) is 0 Å². The summed E-state index contributed by atoms with van der Waals surface area (Å²) in [5, 5.41) is 8.93. The van der Waals surface area contributed by atoms with E-state index < -0.39 is 0 Å². The summed E-state index contributed by atoms with van der Waals surface area (Å²) < 4.78 is 0. The third-order valence-corrected chi connectivity index (χ3v) is 3.76. The van der Waals surface area contributed by atoms with Crippen molar-refractivity contribution >= 4 is 5.69 Å². The first-order chi connectivity index (χ1) is 8.70. The molecule has 1 unspecified atom stereocenters. The second-order valence-corrected chi connectivity index (χ2v) is 4.95. The van der Waals surface area contributed by atoms with Crippen LogP contribution in [0.4, 0.5) is 5.69 Å². The normalized spacial score (nSPS) is 19.9. The Balaban J connectivity index is 1.93. The molecular formula is C14H23N3O. The number of benzene rings is 1. The molecule has 0 amide bonds. The third-order valence-electron chi connectivity index (χ3n) is 3.76. The first-order valence-electron chi connectivity index (χ1n) is 6.63. The molecule has 2 rings (SSSR count). The fourth-order valence-electron chi connectivity index (χ4n) is 2.55. The van der Waals surface area contributed by atoms with Crippen molar-refractivity contribution in [2.75, 3.05) is 45.1 Å². The number of rotatable bonds is 4. The lowest BCUT2D eigenvalue weighted by Crippen LogP contribution is -2.47. The molecule has 4 heteroatoms. The maximum Gasteiger partial charge on any atom is 0.0558 e. The second kappa shape index (κ2) is 6.18. The Kier molecular flexibility index (Phi) is 4.58. The average Bonchev–Trinajstić information content (AvgIpc) is 2.39. The highest BCUT2D eigenvalue weighted by Crippen LogP contribution is 2.22. The molecule has 0 spiro atoms. The van der Waals surface area contributed by atoms with Crippen LogP contribution in [-0.4, -0.2) is 54.2 Å². The highest BCUT2D eigenvalue weighted by atomic mass is 16.3. The fourth-order valence-corrected chi connectivity index (χ4v) is 2.55. The van der Waals surface area contributed by atoms with E-state index in [1.54, 1.807) is 0 Å². The molecule has 18 heavy (non-hydrogen) atoms. The van der Waals surface area contributed by atoms with Gasteiger partial charge in [0.2, 0.25) is 0 Å². The van der Waals surface area contributed by atoms with Gasteiger partial charge in [-0.2, -0.15) is 0 Å². The van der Waals surface area contributed by atoms with Gasteiger partial charge < -0.3 is 10.8 Å². The number of nitrogen functional groups attached to an aromatic ring is 1. The van der Waals surface area contributed by atoms with Gasteiger partial charge in [-0.1, -0.05) is 12.1 Å². The number of hydrogen-bond acceptors (Lipinski definition) is 4. The standard InChI is InChI=1S/C14H23N3O/c1-12(13-3-2-4-14(15)11-13)17-7-5-16(6-8-17)9-10-18/h2-4,11-12,18H,5-10,15H2,1H3. The van der Waals surface area contributed by atoms with E-state index >= 15 is 0 Å². The molecule has 100 valence electrons. The molecule has 0 radical (unpaired) electrons. The number of hydrogen-bond donors (Lipinski definition) is 2. The molecule has 3 N–H and O–H groups in total. The first kappa shape index (κ1) is 13.3. The number of β-amino-alcohol motifs (C(OH)–C–C–N with tert-alkyl or cyclic N) is 1. The van der Waals surface area contributed by atoms with Crippen molar-refractivity contribution in [3.8, 4) is 0 Å². The van der Waals surface area contributed by atoms with Crippen LogP contribution in [0.1, 0.15) is 18.5 Å². The van der Waals surface area contributed by atoms with Gasteiger partial charge in [-0.3, -0.25) is 9.80 Å². The number of piperazine rings is 1. The van der Waals surface area contributed by atoms with Crippen LogP contribution in [0.15, 0.2) is 24.3 Å². The fraction of sp³-hybridized carbons (Fsp3) is 0.571. The Labute approximate surface area is 109 Å². The maximum absolute atomic E-state index is 8.93. The zero-order valence-electron chi connectivity index (χ0n) is 11.0. The van der Waals surface area contributed by atoms with Crippen LogP contribution in [0.25, 0.3) is 0 Å². The number of nitrogens with two attached hydrogens (primary N) is 1. The molecule has 1 saturated heterocycles. The molecule has 1 aliphatic heterocycles. The van der Waals surface area contributed by atoms with Gasteiger partial charge in [0.1, 0.15) is 0 Å². The van der Waals surface area contributed by atoms with Crippen molar-refractivity contribution in [2.45, 2.75) is 13.0 Å². The molecular weight excluding hydrogens is 226 g/mol. The van der Waals surface area contributed by atoms with Crippen LogP contribution in [0.2, 0.25) is 0 Å². The van der Waals surface area contributed by atoms with E-state index in [2.05, 4.69) is 28.9 Å². The summed E-state index contributed by atoms with van der Waals surface area (Å²) >= 11 is 0. The summed E-state index contributed by atoms with van der Waals surface area (Å²) in [4.78, 5) is 4.78. The summed E-state index contributed by atoms with van der Waals surface area (Å²) in [7, 11) is 0. The van der Waals surface area contributed by atoms with E-state index in [4.69, 9.17) is 10.8 Å². The minimum absolute atomic E-state index is 0.255. The van der Waals surface area contributed by atoms with E-state index in [1.807, 2.05) is 12.1 Å². The predicted molar refractivity (Wildman–Crippen MR) is 74.4 cm³/mol. The second-order valence-electron chi connectivity index (χ2n) is 4.95. The van der Waals surface area contributed by atoms with Crippen molar-refractivity contribution in [1.29, 1.82) is 0 Å². The molecule has 1 heterocycles. The Morgan fingerprint density at radius 1 is 1.28 bits per heavy atom. The Morgan fingerprint density at radius 2 is 2.00 bits per heavy atom. The van der Waals surface area contributed by atoms with Gasteiger partial charge in [0.05, 0.1) is 6.61 Å². The van der Waals surface area contributed by atoms with Gasteiger partial charge in [-0.05, 0) is 24.6 Å². The van der Waals surface area contributed by atoms with Crippen LogP contribution in [0.5, 0.6) is 0 Å². The van der Waals surface area contributed by atoms with Gasteiger partial charge in [-0.15, -0.1) is 0 Å². The van der Waals surface area contributed by atoms with Crippen molar-refractivity contribution in [3.63, 3.8) is 0 Å². The third kappa shape index (κ3) is 3.22. The lowest BCUT2D eigenvalue weighted by molar-refractivity contribution is 0.0888. The van der Waals surface area contributed by atoms with E-state index in [1.165, 1.54) is 5.56 Å². The summed E-state index contributed by atoms with van der Waals surface area (Å²) in [6.07, 6.45) is 0. The Hall–Kier alpha value is -1.10. The van der Waals surface area contributed by atoms with Crippen LogP contribution in [-0.2, 0) is 0 Å². The molecule has 0 aliphatic carbocycles. The molecule has 1 atom stereocenters. The quantitative estimate of drug-likeness (QED) is 0.780. The zero-order chi connectivity index (χ0) is 13.0. The summed E-state index contributed by atoms with van der Waals surface area (Å²) in [5.74, 6) is 0. The van der Waals surface area contributed by atoms with E-state index in [0.717, 1.165) is 38.4 Å². The van der Waals surface area contributed by atoms with Crippen LogP contribution in [0, 0.1) is 0 Å². The number of nitrogens with zero attached hydrogens (tertiary/aromatic N) is 2. The monoisotopic (exact) mass is 249 g/mol. The van der Waals surface area contributed by atoms with Crippen molar-refractivity contribution in [2.24, 2.45) is 0 Å². The van der Waals surface area contributed by atoms with Gasteiger partial charge in [0, 0.05) is 44.5 Å². The summed E-state index contributed by atoms with van der Waals surface area (Å²) in [5.41, 5.74) is 7.95. The molecule has 1 fully saturated rings. The highest BCUT2D eigenvalue weighted by molar-refractivity contribution is 5.41. The Morgan fingerprint density at radius 3 is 2.61 bits per heavy atom. The smallest absolute Gasteiger partial charge is 0.0558 e. The highest BCUT2D eigenvalue weighted by Gasteiger charge is 2.21. The Bertz CT molecular complexity index is 375. The van der Waals surface area contributed by atoms with Crippen LogP contribution >= 0.6 is 0 Å². The predicted octanol–water partition coefficient (Wildman–Crippen LogP) is 0.940. The SMILES string of the molecule is CC(c1cccc(N)c1)N1CCN(CCO)CC1. The molecule has 1 aliphatic rings. The topological polar surface area (TPSA) is 52.7 Å². The molecule has 0 aromatic heterocycles. The van der Waals surface area contributed by atoms with Crippen molar-refractivity contribution in [1.82, 2.24) is 9.80 Å². The minimum atomic E-state index is 0.255. The van der Waals surface area contributed by atoms with E-state index in [0.29, 0.717) is 6.04 Å². The lowest BCUT2D eigenvalue weighted by Gasteiger charge is -2.38. The van der Waals surface area contributed by atoms with Crippen molar-refractivity contribution in [3.05, 3.63) is 29.8 Å². The van der Waals surface area contributed by atoms with Gasteiger partial charge in [0.15, 0.2) is 0 Å². The molecule has 1 aromatic rings. The summed E-state index contributed by atoms with van der Waals surface area (Å²) in [6, 6.07) is 8.55. The van der Waals surface area contributed by atoms with Crippen LogP contribution < -0.4 is 5.73 Å². The van der Waals surface area contributed by atoms with Crippen molar-refractivity contribution < 1.29 is 5.11 Å². The number of aliphatic hydroxyl groups excluding tert-OH is 1. The average molecular weight is 249 g/mol. The van der Waals surface area contributed by atoms with Gasteiger partial charge in [-0.25, -0.2) is 0 Å². The maximum atomic E-state index is 8.93. The number of aliphatic hydroxyl groups is 1. The first-order valence-corrected chi connectivity index (χ1v) is 6.63. The number of anilines is 1. The lowest BCUT2D eigenvalue weighted by atomic mass is 10.1. The minimum Gasteiger partial charge on any atom is -0.399 e. The van der Waals surface area contributed by atoms with Gasteiger partial charge >= 0.3 is 0 Å². The van der Waals surface area contributed by atoms with Gasteiger partial charge in [0.25, 0.3) is 0 Å². The van der Waals surface area contributed by atoms with Crippen LogP contribution in [0.3, 0.4) is 0 Å². The summed E-state index contributed by atoms with van der Waals surface area (Å²) in [6.45, 7) is 7.45. The largest absolute Gasteiger partial charge is 0.399 e. The zero-order valence-corrected chi connectivity index (χ0v) is 11.0. The molecule has 1 aromatic carbocycles.